The van der Waals surface area contributed by atoms with Gasteiger partial charge in [0.25, 0.3) is 0 Å². The van der Waals surface area contributed by atoms with Gasteiger partial charge in [-0.05, 0) is 73.3 Å². The SMILES string of the molecule is COc1cc(CC2c3cc(O)c(Cl)cc3CCN2C)c(OC)cc1C. The molecule has 1 aliphatic heterocycles. The summed E-state index contributed by atoms with van der Waals surface area (Å²) in [5.74, 6) is 1.85. The highest BCUT2D eigenvalue weighted by Crippen LogP contribution is 2.39. The zero-order chi connectivity index (χ0) is 18.1. The predicted molar refractivity (Wildman–Crippen MR) is 100 cm³/mol. The lowest BCUT2D eigenvalue weighted by Crippen LogP contribution is -2.33. The molecule has 1 N–H and O–H groups in total. The Bertz CT molecular complexity index is 791. The van der Waals surface area contributed by atoms with Gasteiger partial charge < -0.3 is 14.6 Å². The van der Waals surface area contributed by atoms with E-state index in [9.17, 15) is 5.11 Å². The van der Waals surface area contributed by atoms with Crippen molar-refractivity contribution >= 4 is 11.6 Å². The van der Waals surface area contributed by atoms with Gasteiger partial charge in [-0.25, -0.2) is 0 Å². The molecule has 1 aliphatic rings. The molecule has 2 aromatic rings. The van der Waals surface area contributed by atoms with Crippen molar-refractivity contribution in [2.45, 2.75) is 25.8 Å². The van der Waals surface area contributed by atoms with Gasteiger partial charge in [-0.15, -0.1) is 0 Å². The number of methoxy groups -OCH3 is 2. The highest BCUT2D eigenvalue weighted by atomic mass is 35.5. The second-order valence-corrected chi connectivity index (χ2v) is 6.99. The Morgan fingerprint density at radius 1 is 1.16 bits per heavy atom. The average Bonchev–Trinajstić information content (AvgIpc) is 2.60. The summed E-state index contributed by atoms with van der Waals surface area (Å²) in [4.78, 5) is 2.31. The van der Waals surface area contributed by atoms with Crippen molar-refractivity contribution in [1.82, 2.24) is 4.90 Å². The van der Waals surface area contributed by atoms with Crippen molar-refractivity contribution in [3.63, 3.8) is 0 Å². The second kappa shape index (κ2) is 7.14. The van der Waals surface area contributed by atoms with E-state index in [0.717, 1.165) is 47.6 Å². The van der Waals surface area contributed by atoms with Crippen LogP contribution in [0.5, 0.6) is 17.2 Å². The largest absolute Gasteiger partial charge is 0.506 e. The van der Waals surface area contributed by atoms with Crippen LogP contribution in [0.3, 0.4) is 0 Å². The topological polar surface area (TPSA) is 41.9 Å². The van der Waals surface area contributed by atoms with Gasteiger partial charge in [-0.1, -0.05) is 11.6 Å². The molecule has 2 aromatic carbocycles. The Kier molecular flexibility index (Phi) is 5.11. The van der Waals surface area contributed by atoms with E-state index >= 15 is 0 Å². The molecule has 3 rings (SSSR count). The van der Waals surface area contributed by atoms with Crippen LogP contribution in [0, 0.1) is 6.92 Å². The van der Waals surface area contributed by atoms with E-state index in [4.69, 9.17) is 21.1 Å². The molecule has 0 bridgehead atoms. The summed E-state index contributed by atoms with van der Waals surface area (Å²) < 4.78 is 11.1. The van der Waals surface area contributed by atoms with E-state index in [-0.39, 0.29) is 11.8 Å². The predicted octanol–water partition coefficient (Wildman–Crippen LogP) is 4.14. The quantitative estimate of drug-likeness (QED) is 0.888. The average molecular weight is 362 g/mol. The molecule has 4 nitrogen and oxygen atoms in total. The van der Waals surface area contributed by atoms with Gasteiger partial charge in [0.05, 0.1) is 19.2 Å². The molecule has 25 heavy (non-hydrogen) atoms. The molecule has 134 valence electrons. The molecule has 1 unspecified atom stereocenters. The number of fused-ring (bicyclic) bond motifs is 1. The van der Waals surface area contributed by atoms with Crippen LogP contribution < -0.4 is 9.47 Å². The van der Waals surface area contributed by atoms with Crippen molar-refractivity contribution in [2.75, 3.05) is 27.8 Å². The molecular weight excluding hydrogens is 338 g/mol. The van der Waals surface area contributed by atoms with Gasteiger partial charge >= 0.3 is 0 Å². The van der Waals surface area contributed by atoms with E-state index in [0.29, 0.717) is 5.02 Å². The minimum absolute atomic E-state index is 0.133. The van der Waals surface area contributed by atoms with Crippen LogP contribution in [0.2, 0.25) is 5.02 Å². The van der Waals surface area contributed by atoms with Crippen molar-refractivity contribution < 1.29 is 14.6 Å². The number of aryl methyl sites for hydroxylation is 1. The van der Waals surface area contributed by atoms with Gasteiger partial charge in [0.15, 0.2) is 0 Å². The van der Waals surface area contributed by atoms with Crippen molar-refractivity contribution in [3.8, 4) is 17.2 Å². The number of aromatic hydroxyl groups is 1. The number of ether oxygens (including phenoxy) is 2. The summed E-state index contributed by atoms with van der Waals surface area (Å²) in [6.07, 6.45) is 1.70. The maximum absolute atomic E-state index is 10.1. The summed E-state index contributed by atoms with van der Waals surface area (Å²) in [5.41, 5.74) is 4.45. The smallest absolute Gasteiger partial charge is 0.134 e. The summed E-state index contributed by atoms with van der Waals surface area (Å²) in [7, 11) is 5.48. The molecule has 0 saturated heterocycles. The van der Waals surface area contributed by atoms with E-state index in [2.05, 4.69) is 11.9 Å². The first kappa shape index (κ1) is 17.9. The summed E-state index contributed by atoms with van der Waals surface area (Å²) in [5, 5.41) is 10.5. The number of rotatable bonds is 4. The zero-order valence-corrected chi connectivity index (χ0v) is 15.9. The normalized spacial score (nSPS) is 17.2. The van der Waals surface area contributed by atoms with E-state index in [1.807, 2.05) is 25.1 Å². The number of hydrogen-bond acceptors (Lipinski definition) is 4. The highest BCUT2D eigenvalue weighted by Gasteiger charge is 2.27. The van der Waals surface area contributed by atoms with Crippen LogP contribution >= 0.6 is 11.6 Å². The molecule has 1 atom stereocenters. The number of halogens is 1. The third-order valence-corrected chi connectivity index (χ3v) is 5.35. The minimum atomic E-state index is 0.133. The van der Waals surface area contributed by atoms with Crippen LogP contribution in [-0.4, -0.2) is 37.8 Å². The first-order valence-electron chi connectivity index (χ1n) is 8.37. The van der Waals surface area contributed by atoms with Crippen LogP contribution in [0.15, 0.2) is 24.3 Å². The fraction of sp³-hybridized carbons (Fsp3) is 0.400. The number of benzene rings is 2. The summed E-state index contributed by atoms with van der Waals surface area (Å²) in [6, 6.07) is 7.89. The fourth-order valence-electron chi connectivity index (χ4n) is 3.58. The van der Waals surface area contributed by atoms with Gasteiger partial charge in [-0.3, -0.25) is 4.90 Å². The van der Waals surface area contributed by atoms with Crippen LogP contribution in [-0.2, 0) is 12.8 Å². The van der Waals surface area contributed by atoms with Crippen LogP contribution in [0.1, 0.15) is 28.3 Å². The van der Waals surface area contributed by atoms with Gasteiger partial charge in [0.2, 0.25) is 0 Å². The molecule has 1 heterocycles. The molecule has 5 heteroatoms. The molecular formula is C20H24ClNO3. The van der Waals surface area contributed by atoms with Crippen molar-refractivity contribution in [1.29, 1.82) is 0 Å². The lowest BCUT2D eigenvalue weighted by Gasteiger charge is -2.35. The summed E-state index contributed by atoms with van der Waals surface area (Å²) >= 11 is 6.09. The number of nitrogens with zero attached hydrogens (tertiary/aromatic N) is 1. The number of likely N-dealkylation sites (N-methyl/N-ethyl adjacent to an activating group) is 1. The first-order valence-corrected chi connectivity index (χ1v) is 8.75. The highest BCUT2D eigenvalue weighted by molar-refractivity contribution is 6.32. The molecule has 0 fully saturated rings. The van der Waals surface area contributed by atoms with Crippen LogP contribution in [0.4, 0.5) is 0 Å². The first-order chi connectivity index (χ1) is 11.9. The standard InChI is InChI=1S/C20H24ClNO3/c1-12-7-20(25-4)14(10-19(12)24-3)9-17-15-11-18(23)16(21)8-13(15)5-6-22(17)2/h7-8,10-11,17,23H,5-6,9H2,1-4H3. The number of phenolic OH excluding ortho intramolecular Hbond substituents is 1. The third kappa shape index (κ3) is 3.42. The Labute approximate surface area is 153 Å². The Morgan fingerprint density at radius 2 is 1.88 bits per heavy atom. The van der Waals surface area contributed by atoms with E-state index in [1.165, 1.54) is 5.56 Å². The lowest BCUT2D eigenvalue weighted by molar-refractivity contribution is 0.227. The van der Waals surface area contributed by atoms with Gasteiger partial charge in [0.1, 0.15) is 17.2 Å². The number of phenols is 1. The lowest BCUT2D eigenvalue weighted by atomic mass is 9.88. The Morgan fingerprint density at radius 3 is 2.56 bits per heavy atom. The van der Waals surface area contributed by atoms with Crippen molar-refractivity contribution in [2.24, 2.45) is 0 Å². The fourth-order valence-corrected chi connectivity index (χ4v) is 3.77. The maximum Gasteiger partial charge on any atom is 0.134 e. The Balaban J connectivity index is 2.02. The minimum Gasteiger partial charge on any atom is -0.506 e. The molecule has 0 saturated carbocycles. The van der Waals surface area contributed by atoms with Gasteiger partial charge in [-0.2, -0.15) is 0 Å². The molecule has 0 radical (unpaired) electrons. The van der Waals surface area contributed by atoms with E-state index < -0.39 is 0 Å². The maximum atomic E-state index is 10.1. The van der Waals surface area contributed by atoms with E-state index in [1.54, 1.807) is 20.3 Å². The molecule has 0 spiro atoms. The molecule has 0 aliphatic carbocycles. The molecule has 0 amide bonds. The number of hydrogen-bond donors (Lipinski definition) is 1. The summed E-state index contributed by atoms with van der Waals surface area (Å²) in [6.45, 7) is 2.96. The zero-order valence-electron chi connectivity index (χ0n) is 15.1. The second-order valence-electron chi connectivity index (χ2n) is 6.59. The third-order valence-electron chi connectivity index (χ3n) is 5.04. The Hall–Kier alpha value is -1.91. The van der Waals surface area contributed by atoms with Crippen LogP contribution in [0.25, 0.3) is 0 Å². The molecule has 0 aromatic heterocycles. The monoisotopic (exact) mass is 361 g/mol. The van der Waals surface area contributed by atoms with Gasteiger partial charge in [0, 0.05) is 12.6 Å². The van der Waals surface area contributed by atoms with Crippen molar-refractivity contribution in [3.05, 3.63) is 51.5 Å².